The van der Waals surface area contributed by atoms with Crippen LogP contribution >= 0.6 is 11.3 Å². The number of likely N-dealkylation sites (N-methyl/N-ethyl adjacent to an activating group) is 1. The van der Waals surface area contributed by atoms with Gasteiger partial charge in [0.15, 0.2) is 18.1 Å². The minimum absolute atomic E-state index is 0.134. The van der Waals surface area contributed by atoms with E-state index in [1.54, 1.807) is 27.2 Å². The van der Waals surface area contributed by atoms with Crippen LogP contribution in [-0.2, 0) is 9.53 Å². The molecule has 0 aliphatic heterocycles. The molecular formula is C23H30N2O5S. The number of thiazole rings is 1. The summed E-state index contributed by atoms with van der Waals surface area (Å²) in [6.07, 6.45) is 5.57. The highest BCUT2D eigenvalue weighted by Crippen LogP contribution is 2.35. The van der Waals surface area contributed by atoms with Crippen LogP contribution < -0.4 is 9.47 Å². The molecule has 1 aliphatic rings. The average molecular weight is 447 g/mol. The summed E-state index contributed by atoms with van der Waals surface area (Å²) in [5.41, 5.74) is 1.39. The van der Waals surface area contributed by atoms with E-state index in [-0.39, 0.29) is 18.6 Å². The Balaban J connectivity index is 1.67. The first-order valence-corrected chi connectivity index (χ1v) is 11.5. The van der Waals surface area contributed by atoms with Gasteiger partial charge in [0.2, 0.25) is 0 Å². The number of benzene rings is 1. The van der Waals surface area contributed by atoms with Crippen molar-refractivity contribution in [2.24, 2.45) is 0 Å². The molecule has 0 atom stereocenters. The third-order valence-corrected chi connectivity index (χ3v) is 6.80. The summed E-state index contributed by atoms with van der Waals surface area (Å²) in [4.78, 5) is 32.1. The number of esters is 1. The largest absolute Gasteiger partial charge is 0.493 e. The predicted octanol–water partition coefficient (Wildman–Crippen LogP) is 4.47. The van der Waals surface area contributed by atoms with Crippen molar-refractivity contribution < 1.29 is 23.8 Å². The Kier molecular flexibility index (Phi) is 7.90. The number of carbonyl (C=O) groups excluding carboxylic acids is 2. The van der Waals surface area contributed by atoms with E-state index in [4.69, 9.17) is 14.2 Å². The fraction of sp³-hybridized carbons (Fsp3) is 0.522. The number of carbonyl (C=O) groups is 2. The number of nitrogens with zero attached hydrogens (tertiary/aromatic N) is 2. The smallest absolute Gasteiger partial charge is 0.350 e. The molecule has 0 N–H and O–H groups in total. The van der Waals surface area contributed by atoms with Crippen LogP contribution in [0.2, 0.25) is 0 Å². The van der Waals surface area contributed by atoms with Crippen molar-refractivity contribution in [2.75, 3.05) is 27.4 Å². The molecule has 0 radical (unpaired) electrons. The monoisotopic (exact) mass is 446 g/mol. The maximum atomic E-state index is 12.7. The zero-order chi connectivity index (χ0) is 22.4. The molecule has 0 unspecified atom stereocenters. The highest BCUT2D eigenvalue weighted by atomic mass is 32.1. The second-order valence-electron chi connectivity index (χ2n) is 7.55. The molecule has 3 rings (SSSR count). The van der Waals surface area contributed by atoms with E-state index in [9.17, 15) is 9.59 Å². The van der Waals surface area contributed by atoms with Crippen LogP contribution in [0.5, 0.6) is 11.5 Å². The number of hydrogen-bond acceptors (Lipinski definition) is 7. The van der Waals surface area contributed by atoms with E-state index < -0.39 is 5.97 Å². The summed E-state index contributed by atoms with van der Waals surface area (Å²) in [5.74, 6) is 0.556. The number of ether oxygens (including phenoxy) is 3. The van der Waals surface area contributed by atoms with Crippen LogP contribution in [0.4, 0.5) is 0 Å². The van der Waals surface area contributed by atoms with Gasteiger partial charge in [-0.3, -0.25) is 4.79 Å². The lowest BCUT2D eigenvalue weighted by atomic mass is 9.94. The van der Waals surface area contributed by atoms with Crippen LogP contribution in [0.1, 0.15) is 54.4 Å². The van der Waals surface area contributed by atoms with E-state index in [2.05, 4.69) is 4.98 Å². The average Bonchev–Trinajstić information content (AvgIpc) is 3.19. The van der Waals surface area contributed by atoms with Crippen molar-refractivity contribution in [3.05, 3.63) is 28.8 Å². The topological polar surface area (TPSA) is 78.0 Å². The third-order valence-electron chi connectivity index (χ3n) is 5.62. The molecule has 8 heteroatoms. The molecule has 1 aromatic heterocycles. The maximum Gasteiger partial charge on any atom is 0.350 e. The first-order chi connectivity index (χ1) is 15.0. The Morgan fingerprint density at radius 3 is 2.48 bits per heavy atom. The lowest BCUT2D eigenvalue weighted by molar-refractivity contribution is -0.137. The standard InChI is InChI=1S/C23H30N2O5S/c1-5-25(17-9-7-6-8-10-17)20(26)14-30-23(27)21-15(2)24-22(31-21)16-11-12-18(28-3)19(13-16)29-4/h11-13,17H,5-10,14H2,1-4H3. The molecule has 0 saturated heterocycles. The lowest BCUT2D eigenvalue weighted by Crippen LogP contribution is -2.43. The Morgan fingerprint density at radius 2 is 1.84 bits per heavy atom. The Labute approximate surface area is 187 Å². The number of amides is 1. The minimum atomic E-state index is -0.519. The first kappa shape index (κ1) is 23.1. The Morgan fingerprint density at radius 1 is 1.13 bits per heavy atom. The van der Waals surface area contributed by atoms with Gasteiger partial charge in [-0.05, 0) is 44.9 Å². The third kappa shape index (κ3) is 5.36. The summed E-state index contributed by atoms with van der Waals surface area (Å²) in [5, 5.41) is 0.675. The zero-order valence-electron chi connectivity index (χ0n) is 18.6. The molecule has 1 saturated carbocycles. The van der Waals surface area contributed by atoms with Gasteiger partial charge in [-0.15, -0.1) is 11.3 Å². The number of methoxy groups -OCH3 is 2. The molecule has 7 nitrogen and oxygen atoms in total. The van der Waals surface area contributed by atoms with Gasteiger partial charge in [-0.2, -0.15) is 0 Å². The van der Waals surface area contributed by atoms with E-state index in [0.717, 1.165) is 31.2 Å². The molecule has 0 spiro atoms. The van der Waals surface area contributed by atoms with Crippen LogP contribution in [0, 0.1) is 6.92 Å². The van der Waals surface area contributed by atoms with Crippen molar-refractivity contribution in [2.45, 2.75) is 52.0 Å². The number of aryl methyl sites for hydroxylation is 1. The fourth-order valence-electron chi connectivity index (χ4n) is 3.99. The molecule has 1 aliphatic carbocycles. The van der Waals surface area contributed by atoms with Gasteiger partial charge in [0.05, 0.1) is 19.9 Å². The van der Waals surface area contributed by atoms with Crippen LogP contribution in [0.25, 0.3) is 10.6 Å². The summed E-state index contributed by atoms with van der Waals surface area (Å²) in [6, 6.07) is 5.74. The Bertz CT molecular complexity index is 921. The predicted molar refractivity (Wildman–Crippen MR) is 120 cm³/mol. The second-order valence-corrected chi connectivity index (χ2v) is 8.55. The number of hydrogen-bond donors (Lipinski definition) is 0. The van der Waals surface area contributed by atoms with Crippen molar-refractivity contribution in [1.82, 2.24) is 9.88 Å². The van der Waals surface area contributed by atoms with Crippen LogP contribution in [-0.4, -0.2) is 55.2 Å². The highest BCUT2D eigenvalue weighted by molar-refractivity contribution is 7.17. The minimum Gasteiger partial charge on any atom is -0.493 e. The van der Waals surface area contributed by atoms with Crippen molar-refractivity contribution in [3.8, 4) is 22.1 Å². The molecule has 1 amide bonds. The van der Waals surface area contributed by atoms with E-state index >= 15 is 0 Å². The fourth-order valence-corrected chi connectivity index (χ4v) is 4.94. The number of rotatable bonds is 8. The molecule has 1 aromatic carbocycles. The lowest BCUT2D eigenvalue weighted by Gasteiger charge is -2.33. The SMILES string of the molecule is CCN(C(=O)COC(=O)c1sc(-c2ccc(OC)c(OC)c2)nc1C)C1CCCCC1. The summed E-state index contributed by atoms with van der Waals surface area (Å²) in [7, 11) is 3.15. The van der Waals surface area contributed by atoms with Crippen LogP contribution in [0.15, 0.2) is 18.2 Å². The molecule has 31 heavy (non-hydrogen) atoms. The zero-order valence-corrected chi connectivity index (χ0v) is 19.4. The van der Waals surface area contributed by atoms with Gasteiger partial charge in [0, 0.05) is 18.2 Å². The van der Waals surface area contributed by atoms with Gasteiger partial charge in [-0.1, -0.05) is 19.3 Å². The molecule has 168 valence electrons. The molecule has 2 aromatic rings. The molecule has 1 heterocycles. The van der Waals surface area contributed by atoms with Gasteiger partial charge in [0.1, 0.15) is 9.88 Å². The van der Waals surface area contributed by atoms with E-state index in [1.165, 1.54) is 17.8 Å². The van der Waals surface area contributed by atoms with E-state index in [0.29, 0.717) is 33.6 Å². The van der Waals surface area contributed by atoms with Gasteiger partial charge < -0.3 is 19.1 Å². The van der Waals surface area contributed by atoms with Crippen LogP contribution in [0.3, 0.4) is 0 Å². The van der Waals surface area contributed by atoms with Gasteiger partial charge in [-0.25, -0.2) is 9.78 Å². The summed E-state index contributed by atoms with van der Waals surface area (Å²) >= 11 is 1.24. The second kappa shape index (κ2) is 10.6. The van der Waals surface area contributed by atoms with Gasteiger partial charge in [0.25, 0.3) is 5.91 Å². The van der Waals surface area contributed by atoms with Gasteiger partial charge >= 0.3 is 5.97 Å². The summed E-state index contributed by atoms with van der Waals surface area (Å²) < 4.78 is 16.0. The van der Waals surface area contributed by atoms with Crippen molar-refractivity contribution in [1.29, 1.82) is 0 Å². The normalized spacial score (nSPS) is 14.2. The first-order valence-electron chi connectivity index (χ1n) is 10.6. The van der Waals surface area contributed by atoms with E-state index in [1.807, 2.05) is 24.0 Å². The molecule has 0 bridgehead atoms. The quantitative estimate of drug-likeness (QED) is 0.557. The number of aromatic nitrogens is 1. The maximum absolute atomic E-state index is 12.7. The van der Waals surface area contributed by atoms with Crippen molar-refractivity contribution >= 4 is 23.2 Å². The molecular weight excluding hydrogens is 416 g/mol. The van der Waals surface area contributed by atoms with Crippen molar-refractivity contribution in [3.63, 3.8) is 0 Å². The highest BCUT2D eigenvalue weighted by Gasteiger charge is 2.26. The summed E-state index contributed by atoms with van der Waals surface area (Å²) in [6.45, 7) is 4.12. The Hall–Kier alpha value is -2.61. The molecule has 1 fully saturated rings.